The molecule has 0 aromatic heterocycles. The van der Waals surface area contributed by atoms with Crippen molar-refractivity contribution >= 4 is 11.4 Å². The summed E-state index contributed by atoms with van der Waals surface area (Å²) < 4.78 is 57.0. The van der Waals surface area contributed by atoms with Gasteiger partial charge < -0.3 is 4.74 Å². The highest BCUT2D eigenvalue weighted by Crippen LogP contribution is 2.25. The lowest BCUT2D eigenvalue weighted by Gasteiger charge is -2.11. The van der Waals surface area contributed by atoms with Crippen LogP contribution < -0.4 is 4.74 Å². The lowest BCUT2D eigenvalue weighted by Crippen LogP contribution is -2.25. The molecule has 0 fully saturated rings. The second-order valence-electron chi connectivity index (χ2n) is 4.56. The quantitative estimate of drug-likeness (QED) is 0.592. The standard InChI is InChI=1S/C16H13F4NO/c1-22-14-8-6-13(7-9-14)21-15(16(18,19)20)10-11-2-4-12(17)5-3-11/h2-9H,10H2,1H3. The lowest BCUT2D eigenvalue weighted by molar-refractivity contribution is -0.0600. The molecule has 6 heteroatoms. The zero-order valence-electron chi connectivity index (χ0n) is 11.7. The summed E-state index contributed by atoms with van der Waals surface area (Å²) in [5.74, 6) is 0.0374. The summed E-state index contributed by atoms with van der Waals surface area (Å²) in [5, 5.41) is 0. The van der Waals surface area contributed by atoms with Crippen LogP contribution in [0.4, 0.5) is 23.2 Å². The van der Waals surface area contributed by atoms with Gasteiger partial charge in [0.15, 0.2) is 0 Å². The Morgan fingerprint density at radius 2 is 1.59 bits per heavy atom. The van der Waals surface area contributed by atoms with E-state index in [4.69, 9.17) is 4.74 Å². The van der Waals surface area contributed by atoms with Crippen molar-refractivity contribution in [1.29, 1.82) is 0 Å². The van der Waals surface area contributed by atoms with E-state index in [-0.39, 0.29) is 5.69 Å². The average molecular weight is 311 g/mol. The highest BCUT2D eigenvalue weighted by Gasteiger charge is 2.35. The Balaban J connectivity index is 2.28. The maximum Gasteiger partial charge on any atom is 0.429 e. The summed E-state index contributed by atoms with van der Waals surface area (Å²) in [7, 11) is 1.47. The largest absolute Gasteiger partial charge is 0.497 e. The Kier molecular flexibility index (Phi) is 4.80. The Morgan fingerprint density at radius 1 is 1.00 bits per heavy atom. The zero-order chi connectivity index (χ0) is 16.2. The van der Waals surface area contributed by atoms with Gasteiger partial charge in [-0.25, -0.2) is 9.38 Å². The second-order valence-corrected chi connectivity index (χ2v) is 4.56. The van der Waals surface area contributed by atoms with Crippen LogP contribution in [0.2, 0.25) is 0 Å². The van der Waals surface area contributed by atoms with E-state index in [9.17, 15) is 17.6 Å². The van der Waals surface area contributed by atoms with Gasteiger partial charge in [0.1, 0.15) is 17.3 Å². The molecular formula is C16H13F4NO. The van der Waals surface area contributed by atoms with Crippen LogP contribution in [0.3, 0.4) is 0 Å². The number of hydrogen-bond acceptors (Lipinski definition) is 2. The number of alkyl halides is 3. The molecule has 2 nitrogen and oxygen atoms in total. The molecule has 0 bridgehead atoms. The zero-order valence-corrected chi connectivity index (χ0v) is 11.7. The van der Waals surface area contributed by atoms with Crippen LogP contribution in [-0.2, 0) is 6.42 Å². The molecular weight excluding hydrogens is 298 g/mol. The van der Waals surface area contributed by atoms with Crippen LogP contribution in [0.5, 0.6) is 5.75 Å². The summed E-state index contributed by atoms with van der Waals surface area (Å²) in [6, 6.07) is 10.8. The van der Waals surface area contributed by atoms with Gasteiger partial charge in [-0.15, -0.1) is 0 Å². The van der Waals surface area contributed by atoms with Gasteiger partial charge in [0.25, 0.3) is 0 Å². The molecule has 0 aliphatic carbocycles. The summed E-state index contributed by atoms with van der Waals surface area (Å²) in [5.41, 5.74) is -0.425. The van der Waals surface area contributed by atoms with Gasteiger partial charge in [-0.05, 0) is 42.0 Å². The first kappa shape index (κ1) is 16.0. The average Bonchev–Trinajstić information content (AvgIpc) is 2.48. The Bertz CT molecular complexity index is 645. The van der Waals surface area contributed by atoms with Crippen LogP contribution >= 0.6 is 0 Å². The van der Waals surface area contributed by atoms with E-state index in [1.165, 1.54) is 43.5 Å². The number of methoxy groups -OCH3 is 1. The summed E-state index contributed by atoms with van der Waals surface area (Å²) in [6.45, 7) is 0. The van der Waals surface area contributed by atoms with Crippen molar-refractivity contribution in [3.05, 3.63) is 59.9 Å². The second kappa shape index (κ2) is 6.60. The van der Waals surface area contributed by atoms with Gasteiger partial charge in [0, 0.05) is 6.42 Å². The van der Waals surface area contributed by atoms with Crippen LogP contribution in [0, 0.1) is 5.82 Å². The minimum Gasteiger partial charge on any atom is -0.497 e. The molecule has 0 N–H and O–H groups in total. The minimum absolute atomic E-state index is 0.176. The molecule has 0 radical (unpaired) electrons. The molecule has 0 heterocycles. The van der Waals surface area contributed by atoms with Crippen molar-refractivity contribution in [2.75, 3.05) is 7.11 Å². The molecule has 0 saturated carbocycles. The third kappa shape index (κ3) is 4.31. The fourth-order valence-electron chi connectivity index (χ4n) is 1.81. The van der Waals surface area contributed by atoms with Crippen molar-refractivity contribution in [1.82, 2.24) is 0 Å². The highest BCUT2D eigenvalue weighted by molar-refractivity contribution is 5.93. The van der Waals surface area contributed by atoms with Crippen LogP contribution in [0.1, 0.15) is 5.56 Å². The van der Waals surface area contributed by atoms with E-state index in [1.54, 1.807) is 0 Å². The van der Waals surface area contributed by atoms with Gasteiger partial charge in [-0.1, -0.05) is 12.1 Å². The smallest absolute Gasteiger partial charge is 0.429 e. The first-order valence-electron chi connectivity index (χ1n) is 6.42. The number of benzene rings is 2. The molecule has 2 rings (SSSR count). The van der Waals surface area contributed by atoms with E-state index in [2.05, 4.69) is 4.99 Å². The van der Waals surface area contributed by atoms with E-state index < -0.39 is 24.1 Å². The number of rotatable bonds is 4. The van der Waals surface area contributed by atoms with Crippen LogP contribution in [0.25, 0.3) is 0 Å². The molecule has 0 spiro atoms. The van der Waals surface area contributed by atoms with E-state index in [0.29, 0.717) is 11.3 Å². The third-order valence-corrected chi connectivity index (χ3v) is 2.95. The van der Waals surface area contributed by atoms with Crippen LogP contribution in [0.15, 0.2) is 53.5 Å². The number of aliphatic imine (C=N–C) groups is 1. The molecule has 0 aliphatic heterocycles. The van der Waals surface area contributed by atoms with E-state index in [1.807, 2.05) is 0 Å². The SMILES string of the molecule is COc1ccc(N=C(Cc2ccc(F)cc2)C(F)(F)F)cc1. The first-order chi connectivity index (χ1) is 10.4. The van der Waals surface area contributed by atoms with Gasteiger partial charge in [-0.2, -0.15) is 13.2 Å². The molecule has 2 aromatic carbocycles. The molecule has 0 atom stereocenters. The van der Waals surface area contributed by atoms with Gasteiger partial charge in [0.2, 0.25) is 0 Å². The fourth-order valence-corrected chi connectivity index (χ4v) is 1.81. The van der Waals surface area contributed by atoms with Crippen molar-refractivity contribution < 1.29 is 22.3 Å². The monoisotopic (exact) mass is 311 g/mol. The lowest BCUT2D eigenvalue weighted by atomic mass is 10.1. The third-order valence-electron chi connectivity index (χ3n) is 2.95. The summed E-state index contributed by atoms with van der Waals surface area (Å²) in [6.07, 6.45) is -4.98. The normalized spacial score (nSPS) is 12.3. The molecule has 116 valence electrons. The van der Waals surface area contributed by atoms with E-state index in [0.717, 1.165) is 12.1 Å². The van der Waals surface area contributed by atoms with Crippen molar-refractivity contribution in [2.24, 2.45) is 4.99 Å². The van der Waals surface area contributed by atoms with Crippen molar-refractivity contribution in [3.8, 4) is 5.75 Å². The molecule has 0 saturated heterocycles. The minimum atomic E-state index is -4.56. The summed E-state index contributed by atoms with van der Waals surface area (Å²) in [4.78, 5) is 3.67. The number of ether oxygens (including phenoxy) is 1. The summed E-state index contributed by atoms with van der Waals surface area (Å²) >= 11 is 0. The Morgan fingerprint density at radius 3 is 2.09 bits per heavy atom. The maximum absolute atomic E-state index is 13.1. The van der Waals surface area contributed by atoms with Crippen LogP contribution in [-0.4, -0.2) is 19.0 Å². The first-order valence-corrected chi connectivity index (χ1v) is 6.42. The predicted molar refractivity (Wildman–Crippen MR) is 76.2 cm³/mol. The van der Waals surface area contributed by atoms with Gasteiger partial charge in [-0.3, -0.25) is 0 Å². The van der Waals surface area contributed by atoms with E-state index >= 15 is 0 Å². The number of hydrogen-bond donors (Lipinski definition) is 0. The van der Waals surface area contributed by atoms with Gasteiger partial charge >= 0.3 is 6.18 Å². The topological polar surface area (TPSA) is 21.6 Å². The molecule has 0 unspecified atom stereocenters. The molecule has 2 aromatic rings. The highest BCUT2D eigenvalue weighted by atomic mass is 19.4. The molecule has 0 amide bonds. The number of halogens is 4. The van der Waals surface area contributed by atoms with Crippen molar-refractivity contribution in [3.63, 3.8) is 0 Å². The van der Waals surface area contributed by atoms with Gasteiger partial charge in [0.05, 0.1) is 12.8 Å². The van der Waals surface area contributed by atoms with Crippen molar-refractivity contribution in [2.45, 2.75) is 12.6 Å². The molecule has 22 heavy (non-hydrogen) atoms. The Hall–Kier alpha value is -2.37. The fraction of sp³-hybridized carbons (Fsp3) is 0.188. The molecule has 0 aliphatic rings. The number of nitrogens with zero attached hydrogens (tertiary/aromatic N) is 1. The predicted octanol–water partition coefficient (Wildman–Crippen LogP) is 4.71. The Labute approximate surface area is 125 Å². The maximum atomic E-state index is 13.1.